The third-order valence-electron chi connectivity index (χ3n) is 6.69. The van der Waals surface area contributed by atoms with Gasteiger partial charge in [-0.05, 0) is 56.7 Å². The summed E-state index contributed by atoms with van der Waals surface area (Å²) in [6, 6.07) is 15.8. The zero-order valence-corrected chi connectivity index (χ0v) is 19.7. The number of fused-ring (bicyclic) bond motifs is 4. The summed E-state index contributed by atoms with van der Waals surface area (Å²) in [7, 11) is 0. The molecule has 5 aromatic rings. The second-order valence-electron chi connectivity index (χ2n) is 9.21. The molecule has 0 saturated heterocycles. The zero-order chi connectivity index (χ0) is 23.8. The van der Waals surface area contributed by atoms with Gasteiger partial charge in [-0.1, -0.05) is 53.6 Å². The second-order valence-corrected chi connectivity index (χ2v) is 9.21. The third-order valence-corrected chi connectivity index (χ3v) is 6.69. The van der Waals surface area contributed by atoms with Crippen molar-refractivity contribution >= 4 is 39.4 Å². The molecule has 0 spiro atoms. The molecule has 3 heterocycles. The molecule has 1 N–H and O–H groups in total. The van der Waals surface area contributed by atoms with Crippen LogP contribution in [0.4, 0.5) is 0 Å². The normalized spacial score (nSPS) is 14.4. The van der Waals surface area contributed by atoms with Gasteiger partial charge < -0.3 is 0 Å². The van der Waals surface area contributed by atoms with Crippen LogP contribution in [0.25, 0.3) is 33.2 Å². The van der Waals surface area contributed by atoms with Crippen molar-refractivity contribution in [1.82, 2.24) is 19.2 Å². The predicted molar refractivity (Wildman–Crippen MR) is 139 cm³/mol. The molecule has 6 rings (SSSR count). The lowest BCUT2D eigenvalue weighted by Crippen LogP contribution is -2.27. The average Bonchev–Trinajstić information content (AvgIpc) is 3.19. The fourth-order valence-corrected chi connectivity index (χ4v) is 4.86. The number of aromatic amines is 1. The molecule has 0 atom stereocenters. The Morgan fingerprint density at radius 1 is 1.09 bits per heavy atom. The highest BCUT2D eigenvalue weighted by atomic mass is 16.1. The summed E-state index contributed by atoms with van der Waals surface area (Å²) in [6.07, 6.45) is 11.5. The Hall–Kier alpha value is -4.13. The van der Waals surface area contributed by atoms with E-state index in [1.807, 2.05) is 36.4 Å². The maximum absolute atomic E-state index is 13.7. The molecule has 174 valence electrons. The SMILES string of the molecule is Cc1cccc(C=Nn2c3nc4ccccc4nc3c3c(=O)n(CCC4=CCCCC4)c[nH+]c32)c1. The highest BCUT2D eigenvalue weighted by Gasteiger charge is 2.24. The van der Waals surface area contributed by atoms with E-state index >= 15 is 0 Å². The van der Waals surface area contributed by atoms with Gasteiger partial charge in [0, 0.05) is 0 Å². The van der Waals surface area contributed by atoms with Crippen molar-refractivity contribution in [1.29, 1.82) is 0 Å². The Balaban J connectivity index is 1.52. The summed E-state index contributed by atoms with van der Waals surface area (Å²) >= 11 is 0. The Morgan fingerprint density at radius 2 is 1.94 bits per heavy atom. The standard InChI is InChI=1S/C28H26N6O/c1-19-8-7-11-21(16-19)17-30-34-26-24(25-27(34)32-23-13-6-5-12-22(23)31-25)28(35)33(18-29-26)15-14-20-9-3-2-4-10-20/h5-9,11-13,16-18H,2-4,10,14-15H2,1H3/p+1. The molecule has 0 amide bonds. The summed E-state index contributed by atoms with van der Waals surface area (Å²) in [5, 5.41) is 5.25. The van der Waals surface area contributed by atoms with Crippen molar-refractivity contribution in [2.75, 3.05) is 0 Å². The summed E-state index contributed by atoms with van der Waals surface area (Å²) in [6.45, 7) is 2.69. The summed E-state index contributed by atoms with van der Waals surface area (Å²) in [4.78, 5) is 26.7. The number of hydrogen-bond acceptors (Lipinski definition) is 4. The van der Waals surface area contributed by atoms with E-state index in [4.69, 9.17) is 15.1 Å². The van der Waals surface area contributed by atoms with Crippen molar-refractivity contribution in [2.24, 2.45) is 5.10 Å². The average molecular weight is 464 g/mol. The van der Waals surface area contributed by atoms with Crippen LogP contribution < -0.4 is 10.5 Å². The maximum Gasteiger partial charge on any atom is 0.322 e. The zero-order valence-electron chi connectivity index (χ0n) is 19.7. The largest absolute Gasteiger partial charge is 0.322 e. The van der Waals surface area contributed by atoms with E-state index < -0.39 is 0 Å². The molecule has 7 heteroatoms. The van der Waals surface area contributed by atoms with Crippen LogP contribution in [0.5, 0.6) is 0 Å². The second kappa shape index (κ2) is 8.91. The lowest BCUT2D eigenvalue weighted by atomic mass is 9.97. The molecule has 0 aliphatic heterocycles. The van der Waals surface area contributed by atoms with Crippen LogP contribution in [0.2, 0.25) is 0 Å². The van der Waals surface area contributed by atoms with Gasteiger partial charge in [0.25, 0.3) is 5.65 Å². The Bertz CT molecular complexity index is 1690. The van der Waals surface area contributed by atoms with Crippen molar-refractivity contribution in [2.45, 2.75) is 45.6 Å². The molecule has 3 aromatic heterocycles. The molecule has 2 aromatic carbocycles. The van der Waals surface area contributed by atoms with Gasteiger partial charge in [-0.2, -0.15) is 0 Å². The van der Waals surface area contributed by atoms with E-state index in [1.165, 1.54) is 18.4 Å². The van der Waals surface area contributed by atoms with E-state index in [0.29, 0.717) is 28.7 Å². The highest BCUT2D eigenvalue weighted by molar-refractivity contribution is 6.03. The predicted octanol–water partition coefficient (Wildman–Crippen LogP) is 4.79. The lowest BCUT2D eigenvalue weighted by molar-refractivity contribution is -0.357. The van der Waals surface area contributed by atoms with Crippen molar-refractivity contribution in [3.05, 3.63) is 88.0 Å². The van der Waals surface area contributed by atoms with Crippen LogP contribution in [0.1, 0.15) is 43.2 Å². The molecule has 0 fully saturated rings. The van der Waals surface area contributed by atoms with E-state index in [0.717, 1.165) is 41.4 Å². The van der Waals surface area contributed by atoms with Crippen LogP contribution in [0.15, 0.2) is 76.4 Å². The quantitative estimate of drug-likeness (QED) is 0.278. The van der Waals surface area contributed by atoms with E-state index in [-0.39, 0.29) is 5.56 Å². The number of H-pyrrole nitrogens is 1. The van der Waals surface area contributed by atoms with Crippen molar-refractivity contribution < 1.29 is 4.98 Å². The Morgan fingerprint density at radius 3 is 2.74 bits per heavy atom. The number of nitrogens with one attached hydrogen (secondary N) is 1. The van der Waals surface area contributed by atoms with Gasteiger partial charge in [0.05, 0.1) is 23.8 Å². The third kappa shape index (κ3) is 4.03. The van der Waals surface area contributed by atoms with Gasteiger partial charge in [-0.3, -0.25) is 0 Å². The highest BCUT2D eigenvalue weighted by Crippen LogP contribution is 2.24. The maximum atomic E-state index is 13.7. The van der Waals surface area contributed by atoms with Crippen LogP contribution in [0.3, 0.4) is 0 Å². The molecule has 7 nitrogen and oxygen atoms in total. The van der Waals surface area contributed by atoms with Gasteiger partial charge in [0.2, 0.25) is 5.65 Å². The van der Waals surface area contributed by atoms with Gasteiger partial charge >= 0.3 is 5.56 Å². The molecular formula is C28H27N6O+. The fraction of sp³-hybridized carbons (Fsp3) is 0.250. The number of benzene rings is 2. The first-order valence-corrected chi connectivity index (χ1v) is 12.2. The van der Waals surface area contributed by atoms with Gasteiger partial charge in [-0.25, -0.2) is 24.3 Å². The first kappa shape index (κ1) is 21.4. The first-order chi connectivity index (χ1) is 17.2. The Labute approximate surface area is 202 Å². The molecular weight excluding hydrogens is 436 g/mol. The minimum Gasteiger partial charge on any atom is -0.250 e. The first-order valence-electron chi connectivity index (χ1n) is 12.2. The number of aromatic nitrogens is 5. The van der Waals surface area contributed by atoms with Crippen LogP contribution >= 0.6 is 0 Å². The number of nitrogens with zero attached hydrogens (tertiary/aromatic N) is 5. The molecule has 0 radical (unpaired) electrons. The molecule has 0 saturated carbocycles. The van der Waals surface area contributed by atoms with E-state index in [1.54, 1.807) is 21.8 Å². The van der Waals surface area contributed by atoms with Crippen LogP contribution in [-0.2, 0) is 6.54 Å². The molecule has 0 unspecified atom stereocenters. The minimum absolute atomic E-state index is 0.0748. The molecule has 35 heavy (non-hydrogen) atoms. The van der Waals surface area contributed by atoms with Gasteiger partial charge in [-0.15, -0.1) is 9.78 Å². The smallest absolute Gasteiger partial charge is 0.250 e. The summed E-state index contributed by atoms with van der Waals surface area (Å²) in [5.41, 5.74) is 6.73. The topological polar surface area (TPSA) is 79.2 Å². The lowest BCUT2D eigenvalue weighted by Gasteiger charge is -2.11. The van der Waals surface area contributed by atoms with Gasteiger partial charge in [0.15, 0.2) is 11.7 Å². The number of para-hydroxylation sites is 2. The van der Waals surface area contributed by atoms with E-state index in [2.05, 4.69) is 30.1 Å². The summed E-state index contributed by atoms with van der Waals surface area (Å²) < 4.78 is 3.45. The number of hydrogen-bond donors (Lipinski definition) is 0. The number of rotatable bonds is 5. The minimum atomic E-state index is -0.0748. The van der Waals surface area contributed by atoms with Gasteiger partial charge in [0.1, 0.15) is 5.52 Å². The monoisotopic (exact) mass is 463 g/mol. The number of aryl methyl sites for hydroxylation is 2. The van der Waals surface area contributed by atoms with Crippen LogP contribution in [0, 0.1) is 6.92 Å². The molecule has 1 aliphatic rings. The molecule has 0 bridgehead atoms. The van der Waals surface area contributed by atoms with E-state index in [9.17, 15) is 4.79 Å². The van der Waals surface area contributed by atoms with Crippen LogP contribution in [-0.4, -0.2) is 25.4 Å². The molecule has 1 aliphatic carbocycles. The van der Waals surface area contributed by atoms with Crippen molar-refractivity contribution in [3.63, 3.8) is 0 Å². The van der Waals surface area contributed by atoms with Crippen molar-refractivity contribution in [3.8, 4) is 0 Å². The number of allylic oxidation sites excluding steroid dienone is 2. The Kier molecular flexibility index (Phi) is 5.45. The summed E-state index contributed by atoms with van der Waals surface area (Å²) in [5.74, 6) is 0. The fourth-order valence-electron chi connectivity index (χ4n) is 4.86.